The summed E-state index contributed by atoms with van der Waals surface area (Å²) in [4.78, 5) is 39.4. The van der Waals surface area contributed by atoms with E-state index >= 15 is 0 Å². The Hall–Kier alpha value is -2.65. The number of hydrogen-bond donors (Lipinski definition) is 1. The number of nitrogens with zero attached hydrogens (tertiary/aromatic N) is 1. The van der Waals surface area contributed by atoms with Gasteiger partial charge in [-0.3, -0.25) is 9.59 Å². The van der Waals surface area contributed by atoms with E-state index in [1.807, 2.05) is 12.1 Å². The lowest BCUT2D eigenvalue weighted by atomic mass is 10.0. The molecule has 2 amide bonds. The first-order chi connectivity index (χ1) is 19.6. The zero-order valence-electron chi connectivity index (χ0n) is 25.7. The number of primary amides is 1. The van der Waals surface area contributed by atoms with Gasteiger partial charge in [-0.1, -0.05) is 76.9 Å². The first-order valence-electron chi connectivity index (χ1n) is 15.4. The van der Waals surface area contributed by atoms with Gasteiger partial charge in [-0.05, 0) is 56.7 Å². The summed E-state index contributed by atoms with van der Waals surface area (Å²) in [6.07, 6.45) is 13.8. The average Bonchev–Trinajstić information content (AvgIpc) is 3.42. The molecule has 1 aliphatic heterocycles. The lowest BCUT2D eigenvalue weighted by Crippen LogP contribution is -2.41. The molecule has 0 spiro atoms. The summed E-state index contributed by atoms with van der Waals surface area (Å²) in [5.74, 6) is -0.502. The molecule has 0 radical (unpaired) electrons. The van der Waals surface area contributed by atoms with Gasteiger partial charge in [-0.25, -0.2) is 4.79 Å². The predicted octanol–water partition coefficient (Wildman–Crippen LogP) is 6.81. The van der Waals surface area contributed by atoms with Crippen LogP contribution < -0.4 is 10.5 Å². The van der Waals surface area contributed by atoms with E-state index in [-0.39, 0.29) is 30.7 Å². The second-order valence-electron chi connectivity index (χ2n) is 12.2. The van der Waals surface area contributed by atoms with Gasteiger partial charge in [0.2, 0.25) is 5.91 Å². The number of carbonyl (C=O) groups excluding carboxylic acids is 3. The van der Waals surface area contributed by atoms with E-state index in [1.54, 1.807) is 24.4 Å². The highest BCUT2D eigenvalue weighted by Gasteiger charge is 2.35. The second kappa shape index (κ2) is 18.7. The average molecular weight is 589 g/mol. The number of nitrogens with two attached hydrogens (primary N) is 1. The minimum Gasteiger partial charge on any atom is -0.467 e. The second-order valence-corrected chi connectivity index (χ2v) is 17.8. The molecule has 2 N–H and O–H groups in total. The Kier molecular flexibility index (Phi) is 15.8. The van der Waals surface area contributed by atoms with Gasteiger partial charge in [-0.15, -0.1) is 0 Å². The summed E-state index contributed by atoms with van der Waals surface area (Å²) in [7, 11) is -1.20. The number of esters is 1. The molecule has 8 nitrogen and oxygen atoms in total. The predicted molar refractivity (Wildman–Crippen MR) is 165 cm³/mol. The lowest BCUT2D eigenvalue weighted by Gasteiger charge is -2.26. The third kappa shape index (κ3) is 13.7. The maximum absolute atomic E-state index is 13.6. The molecular formula is C32H52N2O6Si. The van der Waals surface area contributed by atoms with Gasteiger partial charge in [0.25, 0.3) is 5.91 Å². The van der Waals surface area contributed by atoms with Gasteiger partial charge in [-0.2, -0.15) is 0 Å². The summed E-state index contributed by atoms with van der Waals surface area (Å²) in [6, 6.07) is 7.40. The Morgan fingerprint density at radius 3 is 2.37 bits per heavy atom. The maximum Gasteiger partial charge on any atom is 0.329 e. The lowest BCUT2D eigenvalue weighted by molar-refractivity contribution is -0.154. The van der Waals surface area contributed by atoms with Crippen LogP contribution in [0.3, 0.4) is 0 Å². The van der Waals surface area contributed by atoms with Crippen molar-refractivity contribution in [2.45, 2.75) is 122 Å². The molecule has 1 aliphatic rings. The van der Waals surface area contributed by atoms with E-state index in [1.165, 1.54) is 4.90 Å². The van der Waals surface area contributed by atoms with Crippen molar-refractivity contribution in [3.05, 3.63) is 42.1 Å². The summed E-state index contributed by atoms with van der Waals surface area (Å²) >= 11 is 0. The summed E-state index contributed by atoms with van der Waals surface area (Å²) in [5.41, 5.74) is 5.62. The number of hydrogen-bond acceptors (Lipinski definition) is 6. The van der Waals surface area contributed by atoms with Gasteiger partial charge in [0, 0.05) is 27.3 Å². The smallest absolute Gasteiger partial charge is 0.329 e. The summed E-state index contributed by atoms with van der Waals surface area (Å²) in [5, 5.41) is 0. The zero-order chi connectivity index (χ0) is 30.1. The van der Waals surface area contributed by atoms with E-state index in [9.17, 15) is 14.4 Å². The number of unbranched alkanes of at least 4 members (excludes halogenated alkanes) is 6. The van der Waals surface area contributed by atoms with E-state index < -0.39 is 14.1 Å². The summed E-state index contributed by atoms with van der Waals surface area (Å²) in [6.45, 7) is 9.74. The number of ether oxygens (including phenoxy) is 3. The standard InChI is InChI=1S/C32H52N2O6Si/c1-5-6-7-10-16-26(17-11-8-9-12-21-30(33)35)40-32(37)28-19-15-22-34(28)31(36)27-18-13-14-20-29(27)39-25-38-23-24-41(2,3)4/h13-15,18,20,22,26,28H,5-12,16-17,19,21,23-25H2,1-4H3,(H2,33,35)/t26?,28-/m0/s1. The Balaban J connectivity index is 1.96. The van der Waals surface area contributed by atoms with Crippen molar-refractivity contribution in [2.24, 2.45) is 5.73 Å². The van der Waals surface area contributed by atoms with Gasteiger partial charge >= 0.3 is 5.97 Å². The monoisotopic (exact) mass is 588 g/mol. The molecule has 0 saturated carbocycles. The fraction of sp³-hybridized carbons (Fsp3) is 0.656. The van der Waals surface area contributed by atoms with Crippen LogP contribution in [-0.4, -0.2) is 56.3 Å². The minimum atomic E-state index is -1.20. The van der Waals surface area contributed by atoms with Gasteiger partial charge in [0.1, 0.15) is 17.9 Å². The zero-order valence-corrected chi connectivity index (χ0v) is 26.7. The molecule has 0 aromatic heterocycles. The SMILES string of the molecule is CCCCCCC(CCCCCCC(N)=O)OC(=O)[C@@H]1CC=CN1C(=O)c1ccccc1OCOCC[Si](C)(C)C. The Morgan fingerprint density at radius 1 is 1.00 bits per heavy atom. The molecule has 9 heteroatoms. The van der Waals surface area contributed by atoms with E-state index in [0.29, 0.717) is 30.8 Å². The molecule has 0 bridgehead atoms. The Morgan fingerprint density at radius 2 is 1.68 bits per heavy atom. The topological polar surface area (TPSA) is 108 Å². The van der Waals surface area contributed by atoms with Crippen molar-refractivity contribution < 1.29 is 28.6 Å². The first-order valence-corrected chi connectivity index (χ1v) is 19.1. The third-order valence-electron chi connectivity index (χ3n) is 7.24. The quantitative estimate of drug-likeness (QED) is 0.0731. The number of para-hydroxylation sites is 1. The molecule has 230 valence electrons. The highest BCUT2D eigenvalue weighted by Crippen LogP contribution is 2.26. The largest absolute Gasteiger partial charge is 0.467 e. The van der Waals surface area contributed by atoms with Gasteiger partial charge < -0.3 is 24.8 Å². The van der Waals surface area contributed by atoms with Crippen LogP contribution in [0, 0.1) is 0 Å². The van der Waals surface area contributed by atoms with E-state index in [2.05, 4.69) is 26.6 Å². The minimum absolute atomic E-state index is 0.0678. The van der Waals surface area contributed by atoms with Crippen LogP contribution in [0.1, 0.15) is 94.3 Å². The van der Waals surface area contributed by atoms with Crippen molar-refractivity contribution in [3.63, 3.8) is 0 Å². The van der Waals surface area contributed by atoms with Crippen LogP contribution in [0.2, 0.25) is 25.7 Å². The number of carbonyl (C=O) groups is 3. The molecule has 0 saturated heterocycles. The van der Waals surface area contributed by atoms with Crippen LogP contribution in [-0.2, 0) is 19.1 Å². The molecule has 2 rings (SSSR count). The van der Waals surface area contributed by atoms with Crippen LogP contribution in [0.25, 0.3) is 0 Å². The van der Waals surface area contributed by atoms with Crippen molar-refractivity contribution >= 4 is 25.9 Å². The molecular weight excluding hydrogens is 536 g/mol. The van der Waals surface area contributed by atoms with Crippen molar-refractivity contribution in [2.75, 3.05) is 13.4 Å². The van der Waals surface area contributed by atoms with Gasteiger partial charge in [0.15, 0.2) is 6.79 Å². The maximum atomic E-state index is 13.6. The van der Waals surface area contributed by atoms with E-state index in [4.69, 9.17) is 19.9 Å². The molecule has 0 fully saturated rings. The third-order valence-corrected chi connectivity index (χ3v) is 8.95. The fourth-order valence-electron chi connectivity index (χ4n) is 4.72. The molecule has 0 aliphatic carbocycles. The highest BCUT2D eigenvalue weighted by atomic mass is 28.3. The van der Waals surface area contributed by atoms with Crippen molar-refractivity contribution in [1.29, 1.82) is 0 Å². The first kappa shape index (κ1) is 34.5. The number of rotatable bonds is 21. The van der Waals surface area contributed by atoms with Crippen LogP contribution in [0.15, 0.2) is 36.5 Å². The highest BCUT2D eigenvalue weighted by molar-refractivity contribution is 6.76. The molecule has 1 aromatic rings. The van der Waals surface area contributed by atoms with E-state index in [0.717, 1.165) is 70.3 Å². The fourth-order valence-corrected chi connectivity index (χ4v) is 5.48. The Labute approximate surface area is 248 Å². The van der Waals surface area contributed by atoms with Crippen LogP contribution >= 0.6 is 0 Å². The molecule has 1 heterocycles. The molecule has 2 atom stereocenters. The van der Waals surface area contributed by atoms with Crippen LogP contribution in [0.5, 0.6) is 5.75 Å². The van der Waals surface area contributed by atoms with Crippen molar-refractivity contribution in [1.82, 2.24) is 4.90 Å². The normalized spacial score (nSPS) is 15.6. The number of benzene rings is 1. The van der Waals surface area contributed by atoms with Crippen LogP contribution in [0.4, 0.5) is 0 Å². The molecule has 41 heavy (non-hydrogen) atoms. The molecule has 1 unspecified atom stereocenters. The van der Waals surface area contributed by atoms with Gasteiger partial charge in [0.05, 0.1) is 5.56 Å². The Bertz CT molecular complexity index is 977. The number of amides is 2. The van der Waals surface area contributed by atoms with Crippen molar-refractivity contribution in [3.8, 4) is 5.75 Å². The molecule has 1 aromatic carbocycles. The summed E-state index contributed by atoms with van der Waals surface area (Å²) < 4.78 is 17.5.